The van der Waals surface area contributed by atoms with Crippen molar-refractivity contribution in [2.75, 3.05) is 13.1 Å². The van der Waals surface area contributed by atoms with Gasteiger partial charge in [-0.15, -0.1) is 0 Å². The summed E-state index contributed by atoms with van der Waals surface area (Å²) in [5.41, 5.74) is -0.192. The Labute approximate surface area is 103 Å². The molecule has 1 unspecified atom stereocenters. The smallest absolute Gasteiger partial charge is 0.332 e. The monoisotopic (exact) mass is 257 g/mol. The van der Waals surface area contributed by atoms with Crippen molar-refractivity contribution in [2.45, 2.75) is 18.9 Å². The van der Waals surface area contributed by atoms with Crippen molar-refractivity contribution >= 4 is 17.3 Å². The average Bonchev–Trinajstić information content (AvgIpc) is 2.32. The van der Waals surface area contributed by atoms with Crippen LogP contribution in [0.25, 0.3) is 0 Å². The first-order valence-corrected chi connectivity index (χ1v) is 5.72. The normalized spacial score (nSPS) is 19.9. The summed E-state index contributed by atoms with van der Waals surface area (Å²) in [6, 6.07) is 1.25. The Kier molecular flexibility index (Phi) is 3.75. The topological polar surface area (TPSA) is 77.3 Å². The van der Waals surface area contributed by atoms with Crippen LogP contribution in [0.4, 0.5) is 5.69 Å². The zero-order valence-electron chi connectivity index (χ0n) is 9.06. The van der Waals surface area contributed by atoms with Crippen LogP contribution in [0.5, 0.6) is 5.88 Å². The molecule has 1 saturated heterocycles. The molecule has 1 aliphatic heterocycles. The Hall–Kier alpha value is -1.40. The van der Waals surface area contributed by atoms with Gasteiger partial charge in [-0.1, -0.05) is 11.6 Å². The Morgan fingerprint density at radius 3 is 3.12 bits per heavy atom. The second kappa shape index (κ2) is 5.29. The molecular formula is C10H12ClN3O3. The van der Waals surface area contributed by atoms with Crippen molar-refractivity contribution < 1.29 is 9.66 Å². The molecule has 7 heteroatoms. The van der Waals surface area contributed by atoms with Gasteiger partial charge in [-0.3, -0.25) is 10.1 Å². The van der Waals surface area contributed by atoms with Crippen molar-refractivity contribution in [3.8, 4) is 5.88 Å². The molecule has 0 amide bonds. The molecule has 92 valence electrons. The highest BCUT2D eigenvalue weighted by Gasteiger charge is 2.22. The van der Waals surface area contributed by atoms with Crippen molar-refractivity contribution in [1.29, 1.82) is 0 Å². The van der Waals surface area contributed by atoms with E-state index in [1.807, 2.05) is 0 Å². The van der Waals surface area contributed by atoms with Crippen LogP contribution in [0, 0.1) is 10.1 Å². The molecular weight excluding hydrogens is 246 g/mol. The Bertz CT molecular complexity index is 421. The maximum atomic E-state index is 10.8. The third-order valence-corrected chi connectivity index (χ3v) is 2.73. The zero-order valence-corrected chi connectivity index (χ0v) is 9.81. The molecule has 0 aromatic carbocycles. The van der Waals surface area contributed by atoms with Crippen LogP contribution < -0.4 is 10.1 Å². The number of aromatic nitrogens is 1. The SMILES string of the molecule is O=[N+]([O-])c1cc(Cl)cnc1OC1CCCNC1. The van der Waals surface area contributed by atoms with Gasteiger partial charge in [0, 0.05) is 12.6 Å². The third-order valence-electron chi connectivity index (χ3n) is 2.53. The summed E-state index contributed by atoms with van der Waals surface area (Å²) in [6.07, 6.45) is 3.14. The van der Waals surface area contributed by atoms with Gasteiger partial charge in [0.2, 0.25) is 0 Å². The molecule has 0 saturated carbocycles. The van der Waals surface area contributed by atoms with Gasteiger partial charge < -0.3 is 10.1 Å². The minimum Gasteiger partial charge on any atom is -0.468 e. The largest absolute Gasteiger partial charge is 0.468 e. The van der Waals surface area contributed by atoms with Crippen LogP contribution in [0.2, 0.25) is 5.02 Å². The molecule has 2 heterocycles. The number of hydrogen-bond acceptors (Lipinski definition) is 5. The molecule has 0 spiro atoms. The highest BCUT2D eigenvalue weighted by atomic mass is 35.5. The van der Waals surface area contributed by atoms with E-state index in [1.54, 1.807) is 0 Å². The number of rotatable bonds is 3. The lowest BCUT2D eigenvalue weighted by Gasteiger charge is -2.23. The van der Waals surface area contributed by atoms with E-state index in [4.69, 9.17) is 16.3 Å². The summed E-state index contributed by atoms with van der Waals surface area (Å²) >= 11 is 5.67. The Morgan fingerprint density at radius 2 is 2.47 bits per heavy atom. The average molecular weight is 258 g/mol. The number of hydrogen-bond donors (Lipinski definition) is 1. The summed E-state index contributed by atoms with van der Waals surface area (Å²) in [6.45, 7) is 1.64. The molecule has 17 heavy (non-hydrogen) atoms. The van der Waals surface area contributed by atoms with Crippen LogP contribution in [0.3, 0.4) is 0 Å². The molecule has 0 radical (unpaired) electrons. The number of nitrogens with one attached hydrogen (secondary N) is 1. The summed E-state index contributed by atoms with van der Waals surface area (Å²) in [7, 11) is 0. The van der Waals surface area contributed by atoms with Crippen LogP contribution in [0.15, 0.2) is 12.3 Å². The molecule has 1 aromatic heterocycles. The van der Waals surface area contributed by atoms with E-state index in [1.165, 1.54) is 12.3 Å². The lowest BCUT2D eigenvalue weighted by atomic mass is 10.1. The Balaban J connectivity index is 2.16. The highest BCUT2D eigenvalue weighted by Crippen LogP contribution is 2.28. The van der Waals surface area contributed by atoms with Crippen molar-refractivity contribution in [1.82, 2.24) is 10.3 Å². The summed E-state index contributed by atoms with van der Waals surface area (Å²) in [4.78, 5) is 14.2. The fraction of sp³-hybridized carbons (Fsp3) is 0.500. The minimum atomic E-state index is -0.537. The summed E-state index contributed by atoms with van der Waals surface area (Å²) in [5.74, 6) is 0.0353. The lowest BCUT2D eigenvalue weighted by Crippen LogP contribution is -2.37. The maximum Gasteiger partial charge on any atom is 0.332 e. The second-order valence-corrected chi connectivity index (χ2v) is 4.26. The highest BCUT2D eigenvalue weighted by molar-refractivity contribution is 6.30. The van der Waals surface area contributed by atoms with Gasteiger partial charge in [0.1, 0.15) is 6.10 Å². The van der Waals surface area contributed by atoms with E-state index in [-0.39, 0.29) is 22.7 Å². The first kappa shape index (κ1) is 12.1. The zero-order chi connectivity index (χ0) is 12.3. The second-order valence-electron chi connectivity index (χ2n) is 3.82. The van der Waals surface area contributed by atoms with E-state index in [0.29, 0.717) is 6.54 Å². The summed E-state index contributed by atoms with van der Waals surface area (Å²) in [5, 5.41) is 14.2. The molecule has 1 fully saturated rings. The van der Waals surface area contributed by atoms with E-state index >= 15 is 0 Å². The lowest BCUT2D eigenvalue weighted by molar-refractivity contribution is -0.386. The van der Waals surface area contributed by atoms with Crippen molar-refractivity contribution in [2.24, 2.45) is 0 Å². The standard InChI is InChI=1S/C10H12ClN3O3/c11-7-4-9(14(15)16)10(13-5-7)17-8-2-1-3-12-6-8/h4-5,8,12H,1-3,6H2. The van der Waals surface area contributed by atoms with Crippen molar-refractivity contribution in [3.05, 3.63) is 27.4 Å². The number of ether oxygens (including phenoxy) is 1. The van der Waals surface area contributed by atoms with Crippen LogP contribution >= 0.6 is 11.6 Å². The number of halogens is 1. The Morgan fingerprint density at radius 1 is 1.65 bits per heavy atom. The molecule has 0 bridgehead atoms. The van der Waals surface area contributed by atoms with E-state index in [0.717, 1.165) is 19.4 Å². The molecule has 1 aliphatic rings. The number of pyridine rings is 1. The quantitative estimate of drug-likeness (QED) is 0.660. The van der Waals surface area contributed by atoms with Gasteiger partial charge in [0.05, 0.1) is 16.1 Å². The minimum absolute atomic E-state index is 0.0353. The van der Waals surface area contributed by atoms with Gasteiger partial charge in [0.25, 0.3) is 5.88 Å². The molecule has 1 atom stereocenters. The van der Waals surface area contributed by atoms with Gasteiger partial charge in [-0.2, -0.15) is 0 Å². The fourth-order valence-corrected chi connectivity index (χ4v) is 1.87. The molecule has 1 N–H and O–H groups in total. The first-order valence-electron chi connectivity index (χ1n) is 5.34. The number of piperidine rings is 1. The van der Waals surface area contributed by atoms with E-state index < -0.39 is 4.92 Å². The van der Waals surface area contributed by atoms with Gasteiger partial charge in [-0.25, -0.2) is 4.98 Å². The van der Waals surface area contributed by atoms with Crippen LogP contribution in [-0.4, -0.2) is 29.1 Å². The fourth-order valence-electron chi connectivity index (χ4n) is 1.72. The molecule has 1 aromatic rings. The number of nitrogens with zero attached hydrogens (tertiary/aromatic N) is 2. The van der Waals surface area contributed by atoms with Crippen LogP contribution in [-0.2, 0) is 0 Å². The van der Waals surface area contributed by atoms with E-state index in [9.17, 15) is 10.1 Å². The van der Waals surface area contributed by atoms with Crippen LogP contribution in [0.1, 0.15) is 12.8 Å². The first-order chi connectivity index (χ1) is 8.16. The van der Waals surface area contributed by atoms with Gasteiger partial charge in [-0.05, 0) is 19.4 Å². The predicted molar refractivity (Wildman–Crippen MR) is 62.4 cm³/mol. The van der Waals surface area contributed by atoms with E-state index in [2.05, 4.69) is 10.3 Å². The maximum absolute atomic E-state index is 10.8. The molecule has 0 aliphatic carbocycles. The molecule has 6 nitrogen and oxygen atoms in total. The van der Waals surface area contributed by atoms with Crippen molar-refractivity contribution in [3.63, 3.8) is 0 Å². The number of nitro groups is 1. The van der Waals surface area contributed by atoms with Gasteiger partial charge in [0.15, 0.2) is 0 Å². The van der Waals surface area contributed by atoms with Gasteiger partial charge >= 0.3 is 5.69 Å². The summed E-state index contributed by atoms with van der Waals surface area (Å²) < 4.78 is 5.53. The predicted octanol–water partition coefficient (Wildman–Crippen LogP) is 1.77. The third kappa shape index (κ3) is 3.04. The molecule has 2 rings (SSSR count).